The van der Waals surface area contributed by atoms with Crippen LogP contribution in [0.2, 0.25) is 0 Å². The Morgan fingerprint density at radius 1 is 1.33 bits per heavy atom. The number of nitrogens with zero attached hydrogens (tertiary/aromatic N) is 1. The first-order valence-corrected chi connectivity index (χ1v) is 10.1. The molecule has 6 heteroatoms. The van der Waals surface area contributed by atoms with Crippen molar-refractivity contribution in [1.82, 2.24) is 4.90 Å². The summed E-state index contributed by atoms with van der Waals surface area (Å²) in [5.41, 5.74) is 0.647. The topological polar surface area (TPSA) is 60.0 Å². The SMILES string of the molecule is CCCCOc1ccc(NC(=O)CN2CC[C@@]3(CCCO3)[C@H](OC)C2)cc1. The number of hydrogen-bond donors (Lipinski definition) is 1. The average molecular weight is 376 g/mol. The fourth-order valence-corrected chi connectivity index (χ4v) is 3.98. The van der Waals surface area contributed by atoms with E-state index >= 15 is 0 Å². The third kappa shape index (κ3) is 5.21. The van der Waals surface area contributed by atoms with E-state index in [-0.39, 0.29) is 17.6 Å². The third-order valence-corrected chi connectivity index (χ3v) is 5.55. The molecule has 2 aliphatic rings. The molecule has 150 valence electrons. The Morgan fingerprint density at radius 3 is 2.81 bits per heavy atom. The van der Waals surface area contributed by atoms with Crippen LogP contribution in [0.3, 0.4) is 0 Å². The molecule has 2 heterocycles. The molecule has 6 nitrogen and oxygen atoms in total. The Balaban J connectivity index is 1.46. The van der Waals surface area contributed by atoms with Crippen molar-refractivity contribution in [2.45, 2.75) is 50.7 Å². The van der Waals surface area contributed by atoms with Crippen LogP contribution in [0.5, 0.6) is 5.75 Å². The number of amides is 1. The molecule has 0 aliphatic carbocycles. The smallest absolute Gasteiger partial charge is 0.238 e. The van der Waals surface area contributed by atoms with E-state index in [2.05, 4.69) is 17.1 Å². The Labute approximate surface area is 162 Å². The van der Waals surface area contributed by atoms with E-state index in [4.69, 9.17) is 14.2 Å². The number of anilines is 1. The quantitative estimate of drug-likeness (QED) is 0.707. The van der Waals surface area contributed by atoms with Crippen molar-refractivity contribution in [3.63, 3.8) is 0 Å². The molecular formula is C21H32N2O4. The fourth-order valence-electron chi connectivity index (χ4n) is 3.98. The normalized spacial score (nSPS) is 25.6. The van der Waals surface area contributed by atoms with Gasteiger partial charge in [0, 0.05) is 32.5 Å². The lowest BCUT2D eigenvalue weighted by molar-refractivity contribution is -0.145. The number of nitrogens with one attached hydrogen (secondary N) is 1. The molecule has 3 rings (SSSR count). The van der Waals surface area contributed by atoms with Gasteiger partial charge in [-0.15, -0.1) is 0 Å². The van der Waals surface area contributed by atoms with E-state index < -0.39 is 0 Å². The van der Waals surface area contributed by atoms with Gasteiger partial charge in [0.15, 0.2) is 0 Å². The van der Waals surface area contributed by atoms with Crippen molar-refractivity contribution >= 4 is 11.6 Å². The molecule has 1 amide bonds. The summed E-state index contributed by atoms with van der Waals surface area (Å²) >= 11 is 0. The molecule has 1 spiro atoms. The van der Waals surface area contributed by atoms with Gasteiger partial charge in [-0.25, -0.2) is 0 Å². The van der Waals surface area contributed by atoms with Crippen LogP contribution in [0.25, 0.3) is 0 Å². The van der Waals surface area contributed by atoms with Crippen molar-refractivity contribution in [1.29, 1.82) is 0 Å². The molecule has 0 saturated carbocycles. The number of unbranched alkanes of at least 4 members (excludes halogenated alkanes) is 1. The summed E-state index contributed by atoms with van der Waals surface area (Å²) in [7, 11) is 1.74. The number of methoxy groups -OCH3 is 1. The maximum atomic E-state index is 12.4. The Hall–Kier alpha value is -1.63. The molecule has 0 radical (unpaired) electrons. The second kappa shape index (κ2) is 9.53. The standard InChI is InChI=1S/C21H32N2O4/c1-3-4-13-26-18-8-6-17(7-9-18)22-20(24)16-23-12-11-21(10-5-14-27-21)19(15-23)25-2/h6-9,19H,3-5,10-16H2,1-2H3,(H,22,24)/t19-,21+/m1/s1. The molecule has 27 heavy (non-hydrogen) atoms. The first-order chi connectivity index (χ1) is 13.1. The molecule has 2 saturated heterocycles. The van der Waals surface area contributed by atoms with Gasteiger partial charge in [-0.1, -0.05) is 13.3 Å². The van der Waals surface area contributed by atoms with E-state index in [1.165, 1.54) is 0 Å². The van der Waals surface area contributed by atoms with Crippen LogP contribution >= 0.6 is 0 Å². The lowest BCUT2D eigenvalue weighted by atomic mass is 9.86. The number of carbonyl (C=O) groups excluding carboxylic acids is 1. The number of hydrogen-bond acceptors (Lipinski definition) is 5. The third-order valence-electron chi connectivity index (χ3n) is 5.55. The largest absolute Gasteiger partial charge is 0.494 e. The first kappa shape index (κ1) is 20.1. The summed E-state index contributed by atoms with van der Waals surface area (Å²) in [5.74, 6) is 0.829. The van der Waals surface area contributed by atoms with E-state index in [9.17, 15) is 4.79 Å². The van der Waals surface area contributed by atoms with Crippen molar-refractivity contribution in [2.24, 2.45) is 0 Å². The molecule has 1 N–H and O–H groups in total. The Kier molecular flexibility index (Phi) is 7.10. The number of piperidine rings is 1. The Bertz CT molecular complexity index is 599. The first-order valence-electron chi connectivity index (χ1n) is 10.1. The summed E-state index contributed by atoms with van der Waals surface area (Å²) in [6.07, 6.45) is 5.26. The molecule has 0 unspecified atom stereocenters. The van der Waals surface area contributed by atoms with Gasteiger partial charge in [-0.3, -0.25) is 9.69 Å². The molecule has 0 bridgehead atoms. The lowest BCUT2D eigenvalue weighted by Crippen LogP contribution is -2.57. The van der Waals surface area contributed by atoms with Crippen LogP contribution in [0.4, 0.5) is 5.69 Å². The predicted octanol–water partition coefficient (Wildman–Crippen LogP) is 3.07. The summed E-state index contributed by atoms with van der Waals surface area (Å²) < 4.78 is 17.4. The highest BCUT2D eigenvalue weighted by molar-refractivity contribution is 5.92. The van der Waals surface area contributed by atoms with Crippen LogP contribution in [0, 0.1) is 0 Å². The van der Waals surface area contributed by atoms with E-state index in [0.717, 1.165) is 69.8 Å². The minimum Gasteiger partial charge on any atom is -0.494 e. The lowest BCUT2D eigenvalue weighted by Gasteiger charge is -2.44. The van der Waals surface area contributed by atoms with Gasteiger partial charge < -0.3 is 19.5 Å². The second-order valence-electron chi connectivity index (χ2n) is 7.50. The second-order valence-corrected chi connectivity index (χ2v) is 7.50. The fraction of sp³-hybridized carbons (Fsp3) is 0.667. The molecule has 2 aliphatic heterocycles. The zero-order valence-corrected chi connectivity index (χ0v) is 16.5. The summed E-state index contributed by atoms with van der Waals surface area (Å²) in [6.45, 7) is 5.64. The number of rotatable bonds is 8. The highest BCUT2D eigenvalue weighted by Crippen LogP contribution is 2.37. The van der Waals surface area contributed by atoms with Crippen molar-refractivity contribution < 1.29 is 19.0 Å². The highest BCUT2D eigenvalue weighted by atomic mass is 16.5. The summed E-state index contributed by atoms with van der Waals surface area (Å²) in [6, 6.07) is 7.56. The maximum Gasteiger partial charge on any atom is 0.238 e. The van der Waals surface area contributed by atoms with Crippen LogP contribution in [-0.2, 0) is 14.3 Å². The Morgan fingerprint density at radius 2 is 2.15 bits per heavy atom. The maximum absolute atomic E-state index is 12.4. The molecular weight excluding hydrogens is 344 g/mol. The highest BCUT2D eigenvalue weighted by Gasteiger charge is 2.46. The minimum absolute atomic E-state index is 0.00667. The molecule has 2 atom stereocenters. The van der Waals surface area contributed by atoms with Crippen molar-refractivity contribution in [3.05, 3.63) is 24.3 Å². The van der Waals surface area contributed by atoms with E-state index in [0.29, 0.717) is 6.54 Å². The van der Waals surface area contributed by atoms with Crippen molar-refractivity contribution in [3.8, 4) is 5.75 Å². The van der Waals surface area contributed by atoms with Crippen LogP contribution < -0.4 is 10.1 Å². The van der Waals surface area contributed by atoms with Gasteiger partial charge in [0.2, 0.25) is 5.91 Å². The van der Waals surface area contributed by atoms with Gasteiger partial charge in [-0.2, -0.15) is 0 Å². The average Bonchev–Trinajstić information content (AvgIpc) is 3.14. The number of ether oxygens (including phenoxy) is 3. The molecule has 1 aromatic carbocycles. The van der Waals surface area contributed by atoms with Gasteiger partial charge >= 0.3 is 0 Å². The van der Waals surface area contributed by atoms with E-state index in [1.807, 2.05) is 24.3 Å². The van der Waals surface area contributed by atoms with Gasteiger partial charge in [0.1, 0.15) is 5.75 Å². The number of benzene rings is 1. The van der Waals surface area contributed by atoms with Crippen LogP contribution in [0.15, 0.2) is 24.3 Å². The van der Waals surface area contributed by atoms with Crippen LogP contribution in [0.1, 0.15) is 39.0 Å². The monoisotopic (exact) mass is 376 g/mol. The van der Waals surface area contributed by atoms with Gasteiger partial charge in [-0.05, 0) is 49.9 Å². The van der Waals surface area contributed by atoms with Crippen LogP contribution in [-0.4, -0.2) is 62.5 Å². The van der Waals surface area contributed by atoms with Gasteiger partial charge in [0.05, 0.1) is 24.9 Å². The molecule has 2 fully saturated rings. The zero-order chi connectivity index (χ0) is 19.1. The zero-order valence-electron chi connectivity index (χ0n) is 16.5. The summed E-state index contributed by atoms with van der Waals surface area (Å²) in [5, 5.41) is 2.97. The molecule has 1 aromatic rings. The number of likely N-dealkylation sites (tertiary alicyclic amines) is 1. The molecule has 0 aromatic heterocycles. The van der Waals surface area contributed by atoms with E-state index in [1.54, 1.807) is 7.11 Å². The minimum atomic E-state index is -0.144. The van der Waals surface area contributed by atoms with Gasteiger partial charge in [0.25, 0.3) is 0 Å². The predicted molar refractivity (Wildman–Crippen MR) is 105 cm³/mol. The van der Waals surface area contributed by atoms with Crippen molar-refractivity contribution in [2.75, 3.05) is 45.3 Å². The number of carbonyl (C=O) groups is 1. The summed E-state index contributed by atoms with van der Waals surface area (Å²) in [4.78, 5) is 14.6.